The minimum absolute atomic E-state index is 0.0438. The molecule has 0 saturated heterocycles. The van der Waals surface area contributed by atoms with Crippen molar-refractivity contribution in [1.29, 1.82) is 0 Å². The van der Waals surface area contributed by atoms with Crippen LogP contribution in [-0.2, 0) is 4.79 Å². The lowest BCUT2D eigenvalue weighted by molar-refractivity contribution is -0.384. The zero-order valence-corrected chi connectivity index (χ0v) is 19.8. The van der Waals surface area contributed by atoms with E-state index in [1.54, 1.807) is 43.3 Å². The zero-order chi connectivity index (χ0) is 25.5. The highest BCUT2D eigenvalue weighted by molar-refractivity contribution is 8.00. The van der Waals surface area contributed by atoms with Crippen LogP contribution in [0.1, 0.15) is 39.6 Å². The van der Waals surface area contributed by atoms with Crippen LogP contribution in [0.25, 0.3) is 0 Å². The summed E-state index contributed by atoms with van der Waals surface area (Å²) in [6, 6.07) is 17.1. The predicted molar refractivity (Wildman–Crippen MR) is 134 cm³/mol. The Morgan fingerprint density at radius 2 is 1.71 bits per heavy atom. The SMILES string of the molecule is CCC(Sc1cccc(NC(=O)c2ccccc2C(=O)O)c1)C(=O)Nc1ccc([N+](=O)[O-])cc1C. The number of nitrogens with one attached hydrogen (secondary N) is 2. The maximum atomic E-state index is 12.9. The lowest BCUT2D eigenvalue weighted by atomic mass is 10.1. The van der Waals surface area contributed by atoms with Gasteiger partial charge in [0.1, 0.15) is 0 Å². The second-order valence-electron chi connectivity index (χ2n) is 7.59. The van der Waals surface area contributed by atoms with Crippen LogP contribution in [0.3, 0.4) is 0 Å². The van der Waals surface area contributed by atoms with Crippen LogP contribution in [0.2, 0.25) is 0 Å². The van der Waals surface area contributed by atoms with E-state index in [-0.39, 0.29) is 22.7 Å². The highest BCUT2D eigenvalue weighted by Gasteiger charge is 2.20. The summed E-state index contributed by atoms with van der Waals surface area (Å²) < 4.78 is 0. The Hall–Kier alpha value is -4.18. The molecule has 3 rings (SSSR count). The molecule has 0 spiro atoms. The Labute approximate surface area is 205 Å². The third-order valence-corrected chi connectivity index (χ3v) is 6.47. The van der Waals surface area contributed by atoms with E-state index < -0.39 is 22.0 Å². The summed E-state index contributed by atoms with van der Waals surface area (Å²) in [6.45, 7) is 3.56. The van der Waals surface area contributed by atoms with Crippen molar-refractivity contribution in [3.63, 3.8) is 0 Å². The highest BCUT2D eigenvalue weighted by Crippen LogP contribution is 2.30. The molecule has 0 radical (unpaired) electrons. The molecule has 0 aliphatic carbocycles. The number of nitro groups is 1. The van der Waals surface area contributed by atoms with Crippen molar-refractivity contribution >= 4 is 46.6 Å². The normalized spacial score (nSPS) is 11.4. The van der Waals surface area contributed by atoms with Crippen molar-refractivity contribution in [2.24, 2.45) is 0 Å². The number of nitrogens with zero attached hydrogens (tertiary/aromatic N) is 1. The van der Waals surface area contributed by atoms with E-state index >= 15 is 0 Å². The number of carbonyl (C=O) groups is 3. The molecule has 0 bridgehead atoms. The number of amides is 2. The standard InChI is InChI=1S/C25H23N3O6S/c1-3-22(24(30)27-21-12-11-17(28(33)34)13-15(21)2)35-18-8-6-7-16(14-18)26-23(29)19-9-4-5-10-20(19)25(31)32/h4-14,22H,3H2,1-2H3,(H,26,29)(H,27,30)(H,31,32). The molecule has 3 N–H and O–H groups in total. The first-order valence-electron chi connectivity index (χ1n) is 10.7. The van der Waals surface area contributed by atoms with Crippen LogP contribution in [0, 0.1) is 17.0 Å². The Balaban J connectivity index is 1.71. The van der Waals surface area contributed by atoms with Crippen LogP contribution in [-0.4, -0.2) is 33.1 Å². The van der Waals surface area contributed by atoms with Gasteiger partial charge in [0, 0.05) is 28.4 Å². The molecule has 0 aromatic heterocycles. The first kappa shape index (κ1) is 25.4. The van der Waals surface area contributed by atoms with Crippen molar-refractivity contribution in [2.75, 3.05) is 10.6 Å². The minimum atomic E-state index is -1.19. The molecule has 1 atom stereocenters. The van der Waals surface area contributed by atoms with Gasteiger partial charge in [0.15, 0.2) is 0 Å². The molecule has 9 nitrogen and oxygen atoms in total. The van der Waals surface area contributed by atoms with Gasteiger partial charge in [-0.2, -0.15) is 0 Å². The Bertz CT molecular complexity index is 1290. The maximum absolute atomic E-state index is 12.9. The Morgan fingerprint density at radius 3 is 2.34 bits per heavy atom. The van der Waals surface area contributed by atoms with Gasteiger partial charge in [0.25, 0.3) is 11.6 Å². The van der Waals surface area contributed by atoms with E-state index in [1.165, 1.54) is 42.1 Å². The third kappa shape index (κ3) is 6.45. The first-order valence-corrected chi connectivity index (χ1v) is 11.5. The van der Waals surface area contributed by atoms with E-state index in [0.29, 0.717) is 23.4 Å². The first-order chi connectivity index (χ1) is 16.7. The van der Waals surface area contributed by atoms with Gasteiger partial charge in [-0.25, -0.2) is 4.79 Å². The lowest BCUT2D eigenvalue weighted by Gasteiger charge is -2.16. The highest BCUT2D eigenvalue weighted by atomic mass is 32.2. The van der Waals surface area contributed by atoms with E-state index in [4.69, 9.17) is 0 Å². The molecule has 10 heteroatoms. The van der Waals surface area contributed by atoms with Crippen molar-refractivity contribution in [3.05, 3.63) is 93.5 Å². The molecular weight excluding hydrogens is 470 g/mol. The number of benzene rings is 3. The molecule has 1 unspecified atom stereocenters. The number of non-ortho nitro benzene ring substituents is 1. The van der Waals surface area contributed by atoms with E-state index in [2.05, 4.69) is 10.6 Å². The molecule has 3 aromatic rings. The van der Waals surface area contributed by atoms with Gasteiger partial charge in [-0.1, -0.05) is 25.1 Å². The number of carbonyl (C=O) groups excluding carboxylic acids is 2. The predicted octanol–water partition coefficient (Wildman–Crippen LogP) is 5.36. The molecule has 3 aromatic carbocycles. The van der Waals surface area contributed by atoms with E-state index in [9.17, 15) is 29.6 Å². The molecule has 0 saturated carbocycles. The number of aromatic carboxylic acids is 1. The van der Waals surface area contributed by atoms with Crippen molar-refractivity contribution in [1.82, 2.24) is 0 Å². The second kappa shape index (κ2) is 11.3. The molecule has 0 fully saturated rings. The number of rotatable bonds is 9. The number of hydrogen-bond donors (Lipinski definition) is 3. The van der Waals surface area contributed by atoms with E-state index in [0.717, 1.165) is 4.90 Å². The summed E-state index contributed by atoms with van der Waals surface area (Å²) in [5, 5.41) is 25.3. The van der Waals surface area contributed by atoms with Crippen molar-refractivity contribution < 1.29 is 24.4 Å². The molecule has 35 heavy (non-hydrogen) atoms. The van der Waals surface area contributed by atoms with Gasteiger partial charge >= 0.3 is 5.97 Å². The number of anilines is 2. The summed E-state index contributed by atoms with van der Waals surface area (Å²) >= 11 is 1.31. The molecule has 0 aliphatic heterocycles. The number of nitro benzene ring substituents is 1. The maximum Gasteiger partial charge on any atom is 0.336 e. The molecule has 0 heterocycles. The molecule has 2 amide bonds. The molecular formula is C25H23N3O6S. The fraction of sp³-hybridized carbons (Fsp3) is 0.160. The topological polar surface area (TPSA) is 139 Å². The summed E-state index contributed by atoms with van der Waals surface area (Å²) in [7, 11) is 0. The van der Waals surface area contributed by atoms with Gasteiger partial charge in [0.05, 0.1) is 21.3 Å². The van der Waals surface area contributed by atoms with Gasteiger partial charge < -0.3 is 15.7 Å². The number of carboxylic acids is 1. The van der Waals surface area contributed by atoms with Crippen LogP contribution in [0.15, 0.2) is 71.6 Å². The largest absolute Gasteiger partial charge is 0.478 e. The van der Waals surface area contributed by atoms with Gasteiger partial charge in [-0.05, 0) is 55.3 Å². The Morgan fingerprint density at radius 1 is 1.00 bits per heavy atom. The third-order valence-electron chi connectivity index (χ3n) is 5.11. The fourth-order valence-corrected chi connectivity index (χ4v) is 4.33. The van der Waals surface area contributed by atoms with Crippen LogP contribution in [0.4, 0.5) is 17.1 Å². The number of hydrogen-bond acceptors (Lipinski definition) is 6. The summed E-state index contributed by atoms with van der Waals surface area (Å²) in [5.41, 5.74) is 1.44. The quantitative estimate of drug-likeness (QED) is 0.207. The smallest absolute Gasteiger partial charge is 0.336 e. The summed E-state index contributed by atoms with van der Waals surface area (Å²) in [5.74, 6) is -2.00. The number of carboxylic acid groups (broad SMARTS) is 1. The van der Waals surface area contributed by atoms with Gasteiger partial charge in [0.2, 0.25) is 5.91 Å². The van der Waals surface area contributed by atoms with E-state index in [1.807, 2.05) is 6.92 Å². The monoisotopic (exact) mass is 493 g/mol. The zero-order valence-electron chi connectivity index (χ0n) is 19.0. The number of thioether (sulfide) groups is 1. The van der Waals surface area contributed by atoms with Gasteiger partial charge in [-0.15, -0.1) is 11.8 Å². The average Bonchev–Trinajstić information content (AvgIpc) is 2.83. The minimum Gasteiger partial charge on any atom is -0.478 e. The van der Waals surface area contributed by atoms with Crippen molar-refractivity contribution in [3.8, 4) is 0 Å². The number of aryl methyl sites for hydroxylation is 1. The van der Waals surface area contributed by atoms with Crippen LogP contribution >= 0.6 is 11.8 Å². The summed E-state index contributed by atoms with van der Waals surface area (Å²) in [6.07, 6.45) is 0.519. The van der Waals surface area contributed by atoms with Crippen LogP contribution in [0.5, 0.6) is 0 Å². The fourth-order valence-electron chi connectivity index (χ4n) is 3.31. The van der Waals surface area contributed by atoms with Crippen molar-refractivity contribution in [2.45, 2.75) is 30.4 Å². The summed E-state index contributed by atoms with van der Waals surface area (Å²) in [4.78, 5) is 48.1. The van der Waals surface area contributed by atoms with Crippen LogP contribution < -0.4 is 10.6 Å². The second-order valence-corrected chi connectivity index (χ2v) is 8.87. The molecule has 0 aliphatic rings. The average molecular weight is 494 g/mol. The molecule has 180 valence electrons. The Kier molecular flexibility index (Phi) is 8.21. The lowest BCUT2D eigenvalue weighted by Crippen LogP contribution is -2.25. The van der Waals surface area contributed by atoms with Gasteiger partial charge in [-0.3, -0.25) is 19.7 Å².